The molecule has 1 aromatic rings. The van der Waals surface area contributed by atoms with Crippen LogP contribution in [0.3, 0.4) is 0 Å². The van der Waals surface area contributed by atoms with E-state index in [4.69, 9.17) is 10.5 Å². The standard InChI is InChI=1S/C13H19NO3/c1-4-17-13(16)11(14)12(15)10-8(2)6-5-7-9(10)3/h5-7,11-12,15H,4,14H2,1-3H3. The molecule has 2 atom stereocenters. The Labute approximate surface area is 101 Å². The Bertz CT molecular complexity index is 383. The summed E-state index contributed by atoms with van der Waals surface area (Å²) < 4.78 is 4.80. The lowest BCUT2D eigenvalue weighted by atomic mass is 9.94. The lowest BCUT2D eigenvalue weighted by Crippen LogP contribution is -2.38. The van der Waals surface area contributed by atoms with Crippen LogP contribution in [0.5, 0.6) is 0 Å². The van der Waals surface area contributed by atoms with Gasteiger partial charge in [0.05, 0.1) is 6.61 Å². The number of nitrogens with two attached hydrogens (primary N) is 1. The minimum atomic E-state index is -1.05. The van der Waals surface area contributed by atoms with Gasteiger partial charge in [0.2, 0.25) is 0 Å². The van der Waals surface area contributed by atoms with Gasteiger partial charge in [0.25, 0.3) is 0 Å². The average molecular weight is 237 g/mol. The van der Waals surface area contributed by atoms with Crippen molar-refractivity contribution in [2.24, 2.45) is 5.73 Å². The van der Waals surface area contributed by atoms with Gasteiger partial charge in [-0.1, -0.05) is 18.2 Å². The van der Waals surface area contributed by atoms with Crippen LogP contribution in [0, 0.1) is 13.8 Å². The molecule has 0 fully saturated rings. The lowest BCUT2D eigenvalue weighted by Gasteiger charge is -2.21. The van der Waals surface area contributed by atoms with Gasteiger partial charge < -0.3 is 15.6 Å². The van der Waals surface area contributed by atoms with Gasteiger partial charge in [-0.3, -0.25) is 4.79 Å². The molecular weight excluding hydrogens is 218 g/mol. The van der Waals surface area contributed by atoms with Crippen LogP contribution in [0.1, 0.15) is 29.7 Å². The molecule has 1 rings (SSSR count). The molecule has 3 N–H and O–H groups in total. The maximum atomic E-state index is 11.5. The summed E-state index contributed by atoms with van der Waals surface area (Å²) in [5.41, 5.74) is 8.22. The fourth-order valence-electron chi connectivity index (χ4n) is 1.84. The van der Waals surface area contributed by atoms with E-state index in [1.165, 1.54) is 0 Å². The zero-order valence-electron chi connectivity index (χ0n) is 10.4. The van der Waals surface area contributed by atoms with Gasteiger partial charge in [-0.15, -0.1) is 0 Å². The number of ether oxygens (including phenoxy) is 1. The molecule has 0 heterocycles. The molecule has 4 heteroatoms. The Balaban J connectivity index is 2.96. The Morgan fingerprint density at radius 3 is 2.41 bits per heavy atom. The highest BCUT2D eigenvalue weighted by Crippen LogP contribution is 2.24. The SMILES string of the molecule is CCOC(=O)C(N)C(O)c1c(C)cccc1C. The Morgan fingerprint density at radius 1 is 1.41 bits per heavy atom. The van der Waals surface area contributed by atoms with Gasteiger partial charge in [0, 0.05) is 0 Å². The quantitative estimate of drug-likeness (QED) is 0.772. The van der Waals surface area contributed by atoms with Crippen molar-refractivity contribution in [3.8, 4) is 0 Å². The summed E-state index contributed by atoms with van der Waals surface area (Å²) in [4.78, 5) is 11.5. The number of aliphatic hydroxyl groups is 1. The van der Waals surface area contributed by atoms with Crippen molar-refractivity contribution in [3.63, 3.8) is 0 Å². The van der Waals surface area contributed by atoms with E-state index in [1.54, 1.807) is 6.92 Å². The third-order valence-corrected chi connectivity index (χ3v) is 2.74. The Kier molecular flexibility index (Phi) is 4.66. The Hall–Kier alpha value is -1.39. The number of esters is 1. The first-order valence-electron chi connectivity index (χ1n) is 5.65. The summed E-state index contributed by atoms with van der Waals surface area (Å²) >= 11 is 0. The van der Waals surface area contributed by atoms with Crippen molar-refractivity contribution >= 4 is 5.97 Å². The van der Waals surface area contributed by atoms with Crippen molar-refractivity contribution in [2.75, 3.05) is 6.61 Å². The molecule has 1 aromatic carbocycles. The topological polar surface area (TPSA) is 72.5 Å². The number of benzene rings is 1. The van der Waals surface area contributed by atoms with Crippen LogP contribution in [-0.2, 0) is 9.53 Å². The van der Waals surface area contributed by atoms with Gasteiger partial charge in [0.15, 0.2) is 0 Å². The first-order chi connectivity index (χ1) is 7.99. The molecule has 94 valence electrons. The molecule has 0 saturated heterocycles. The molecule has 0 aromatic heterocycles. The highest BCUT2D eigenvalue weighted by atomic mass is 16.5. The molecule has 0 saturated carbocycles. The molecule has 0 spiro atoms. The second kappa shape index (κ2) is 5.80. The van der Waals surface area contributed by atoms with Crippen molar-refractivity contribution in [1.29, 1.82) is 0 Å². The van der Waals surface area contributed by atoms with E-state index in [9.17, 15) is 9.90 Å². The number of carbonyl (C=O) groups is 1. The molecule has 2 unspecified atom stereocenters. The molecule has 0 radical (unpaired) electrons. The molecule has 4 nitrogen and oxygen atoms in total. The van der Waals surface area contributed by atoms with Crippen molar-refractivity contribution < 1.29 is 14.6 Å². The van der Waals surface area contributed by atoms with Crippen LogP contribution in [0.15, 0.2) is 18.2 Å². The zero-order valence-corrected chi connectivity index (χ0v) is 10.4. The molecule has 0 bridgehead atoms. The first kappa shape index (κ1) is 13.7. The van der Waals surface area contributed by atoms with E-state index < -0.39 is 18.1 Å². The van der Waals surface area contributed by atoms with E-state index in [0.717, 1.165) is 11.1 Å². The lowest BCUT2D eigenvalue weighted by molar-refractivity contribution is -0.147. The van der Waals surface area contributed by atoms with Crippen molar-refractivity contribution in [3.05, 3.63) is 34.9 Å². The van der Waals surface area contributed by atoms with Crippen LogP contribution in [0.4, 0.5) is 0 Å². The van der Waals surface area contributed by atoms with Crippen LogP contribution in [-0.4, -0.2) is 23.7 Å². The highest BCUT2D eigenvalue weighted by molar-refractivity contribution is 5.76. The molecule has 0 aliphatic heterocycles. The van der Waals surface area contributed by atoms with Crippen LogP contribution < -0.4 is 5.73 Å². The summed E-state index contributed by atoms with van der Waals surface area (Å²) in [6, 6.07) is 4.61. The van der Waals surface area contributed by atoms with Gasteiger partial charge in [-0.05, 0) is 37.5 Å². The number of hydrogen-bond donors (Lipinski definition) is 2. The molecular formula is C13H19NO3. The summed E-state index contributed by atoms with van der Waals surface area (Å²) in [5.74, 6) is -0.581. The number of rotatable bonds is 4. The molecule has 0 amide bonds. The minimum absolute atomic E-state index is 0.256. The van der Waals surface area contributed by atoms with E-state index in [1.807, 2.05) is 32.0 Å². The van der Waals surface area contributed by atoms with Gasteiger partial charge in [0.1, 0.15) is 12.1 Å². The third-order valence-electron chi connectivity index (χ3n) is 2.74. The van der Waals surface area contributed by atoms with Gasteiger partial charge in [-0.2, -0.15) is 0 Å². The fraction of sp³-hybridized carbons (Fsp3) is 0.462. The maximum absolute atomic E-state index is 11.5. The van der Waals surface area contributed by atoms with Crippen molar-refractivity contribution in [1.82, 2.24) is 0 Å². The number of carbonyl (C=O) groups excluding carboxylic acids is 1. The number of aryl methyl sites for hydroxylation is 2. The van der Waals surface area contributed by atoms with E-state index >= 15 is 0 Å². The van der Waals surface area contributed by atoms with Crippen LogP contribution in [0.2, 0.25) is 0 Å². The molecule has 17 heavy (non-hydrogen) atoms. The van der Waals surface area contributed by atoms with Crippen LogP contribution >= 0.6 is 0 Å². The average Bonchev–Trinajstić information content (AvgIpc) is 2.27. The summed E-state index contributed by atoms with van der Waals surface area (Å²) in [7, 11) is 0. The second-order valence-electron chi connectivity index (χ2n) is 4.03. The summed E-state index contributed by atoms with van der Waals surface area (Å²) in [5, 5.41) is 10.1. The van der Waals surface area contributed by atoms with Crippen LogP contribution in [0.25, 0.3) is 0 Å². The first-order valence-corrected chi connectivity index (χ1v) is 5.65. The predicted molar refractivity (Wildman–Crippen MR) is 65.5 cm³/mol. The fourth-order valence-corrected chi connectivity index (χ4v) is 1.84. The summed E-state index contributed by atoms with van der Waals surface area (Å²) in [6.45, 7) is 5.72. The second-order valence-corrected chi connectivity index (χ2v) is 4.03. The van der Waals surface area contributed by atoms with Crippen molar-refractivity contribution in [2.45, 2.75) is 32.9 Å². The van der Waals surface area contributed by atoms with Gasteiger partial charge in [-0.25, -0.2) is 0 Å². The van der Waals surface area contributed by atoms with E-state index in [2.05, 4.69) is 0 Å². The monoisotopic (exact) mass is 237 g/mol. The molecule has 0 aliphatic carbocycles. The number of hydrogen-bond acceptors (Lipinski definition) is 4. The normalized spacial score (nSPS) is 14.2. The largest absolute Gasteiger partial charge is 0.465 e. The summed E-state index contributed by atoms with van der Waals surface area (Å²) in [6.07, 6.45) is -1.03. The third kappa shape index (κ3) is 3.05. The predicted octanol–water partition coefficient (Wildman–Crippen LogP) is 1.23. The number of aliphatic hydroxyl groups excluding tert-OH is 1. The zero-order chi connectivity index (χ0) is 13.0. The van der Waals surface area contributed by atoms with E-state index in [-0.39, 0.29) is 6.61 Å². The van der Waals surface area contributed by atoms with Gasteiger partial charge >= 0.3 is 5.97 Å². The maximum Gasteiger partial charge on any atom is 0.325 e. The van der Waals surface area contributed by atoms with E-state index in [0.29, 0.717) is 5.56 Å². The minimum Gasteiger partial charge on any atom is -0.465 e. The Morgan fingerprint density at radius 2 is 1.94 bits per heavy atom. The highest BCUT2D eigenvalue weighted by Gasteiger charge is 2.27. The molecule has 0 aliphatic rings. The smallest absolute Gasteiger partial charge is 0.325 e.